The lowest BCUT2D eigenvalue weighted by atomic mass is 10.1. The van der Waals surface area contributed by atoms with Crippen molar-refractivity contribution in [3.05, 3.63) is 18.2 Å². The van der Waals surface area contributed by atoms with Gasteiger partial charge in [-0.1, -0.05) is 11.3 Å². The van der Waals surface area contributed by atoms with E-state index in [0.717, 1.165) is 28.2 Å². The SMILES string of the molecule is CCS(=O)(=O)N1CCCC(Nc2nc3ccc(O)cc3s2)C1. The third kappa shape index (κ3) is 3.18. The van der Waals surface area contributed by atoms with E-state index in [0.29, 0.717) is 13.1 Å². The Morgan fingerprint density at radius 3 is 3.09 bits per heavy atom. The molecular weight excluding hydrogens is 322 g/mol. The molecule has 6 nitrogen and oxygen atoms in total. The number of anilines is 1. The van der Waals surface area contributed by atoms with E-state index in [4.69, 9.17) is 0 Å². The summed E-state index contributed by atoms with van der Waals surface area (Å²) in [6.45, 7) is 2.76. The Kier molecular flexibility index (Phi) is 4.24. The van der Waals surface area contributed by atoms with Gasteiger partial charge in [-0.3, -0.25) is 0 Å². The summed E-state index contributed by atoms with van der Waals surface area (Å²) in [7, 11) is -3.13. The van der Waals surface area contributed by atoms with Crippen LogP contribution in [0.15, 0.2) is 18.2 Å². The van der Waals surface area contributed by atoms with Crippen LogP contribution in [-0.2, 0) is 10.0 Å². The Morgan fingerprint density at radius 2 is 2.32 bits per heavy atom. The number of aromatic hydroxyl groups is 1. The van der Waals surface area contributed by atoms with Crippen molar-refractivity contribution in [1.29, 1.82) is 0 Å². The van der Waals surface area contributed by atoms with Gasteiger partial charge in [0.1, 0.15) is 5.75 Å². The van der Waals surface area contributed by atoms with Crippen molar-refractivity contribution in [1.82, 2.24) is 9.29 Å². The maximum Gasteiger partial charge on any atom is 0.213 e. The van der Waals surface area contributed by atoms with Crippen molar-refractivity contribution in [2.24, 2.45) is 0 Å². The molecule has 1 unspecified atom stereocenters. The highest BCUT2D eigenvalue weighted by atomic mass is 32.2. The van der Waals surface area contributed by atoms with E-state index in [1.54, 1.807) is 29.4 Å². The molecule has 1 saturated heterocycles. The first-order valence-electron chi connectivity index (χ1n) is 7.32. The second-order valence-corrected chi connectivity index (χ2v) is 8.70. The molecule has 2 aromatic rings. The van der Waals surface area contributed by atoms with Crippen LogP contribution in [-0.4, -0.2) is 47.7 Å². The normalized spacial score (nSPS) is 20.3. The highest BCUT2D eigenvalue weighted by molar-refractivity contribution is 7.89. The van der Waals surface area contributed by atoms with E-state index in [2.05, 4.69) is 10.3 Å². The molecule has 2 N–H and O–H groups in total. The van der Waals surface area contributed by atoms with Crippen molar-refractivity contribution in [2.45, 2.75) is 25.8 Å². The minimum atomic E-state index is -3.13. The molecule has 2 heterocycles. The minimum absolute atomic E-state index is 0.0734. The molecule has 1 aromatic heterocycles. The predicted octanol–water partition coefficient (Wildman–Crippen LogP) is 2.23. The fourth-order valence-electron chi connectivity index (χ4n) is 2.65. The number of hydrogen-bond donors (Lipinski definition) is 2. The topological polar surface area (TPSA) is 82.5 Å². The van der Waals surface area contributed by atoms with Gasteiger partial charge < -0.3 is 10.4 Å². The maximum absolute atomic E-state index is 12.0. The summed E-state index contributed by atoms with van der Waals surface area (Å²) in [5.74, 6) is 0.362. The number of phenols is 1. The van der Waals surface area contributed by atoms with Gasteiger partial charge in [-0.05, 0) is 38.0 Å². The molecule has 1 atom stereocenters. The van der Waals surface area contributed by atoms with Crippen LogP contribution < -0.4 is 5.32 Å². The number of phenolic OH excluding ortho intramolecular Hbond substituents is 1. The summed E-state index contributed by atoms with van der Waals surface area (Å²) >= 11 is 1.47. The molecule has 120 valence electrons. The molecule has 3 rings (SSSR count). The first-order valence-corrected chi connectivity index (χ1v) is 9.74. The minimum Gasteiger partial charge on any atom is -0.508 e. The summed E-state index contributed by atoms with van der Waals surface area (Å²) in [5.41, 5.74) is 0.833. The summed E-state index contributed by atoms with van der Waals surface area (Å²) < 4.78 is 26.5. The molecule has 0 aliphatic carbocycles. The molecule has 0 amide bonds. The second-order valence-electron chi connectivity index (χ2n) is 5.41. The number of nitrogens with zero attached hydrogens (tertiary/aromatic N) is 2. The Hall–Kier alpha value is -1.38. The largest absolute Gasteiger partial charge is 0.508 e. The zero-order valence-corrected chi connectivity index (χ0v) is 14.0. The standard InChI is InChI=1S/C14H19N3O3S2/c1-2-22(19,20)17-7-3-4-10(9-17)15-14-16-12-6-5-11(18)8-13(12)21-14/h5-6,8,10,18H,2-4,7,9H2,1H3,(H,15,16). The molecule has 1 fully saturated rings. The van der Waals surface area contributed by atoms with Gasteiger partial charge in [-0.25, -0.2) is 13.4 Å². The fraction of sp³-hybridized carbons (Fsp3) is 0.500. The number of piperidine rings is 1. The lowest BCUT2D eigenvalue weighted by molar-refractivity contribution is 0.327. The van der Waals surface area contributed by atoms with E-state index in [9.17, 15) is 13.5 Å². The van der Waals surface area contributed by atoms with Crippen molar-refractivity contribution in [2.75, 3.05) is 24.2 Å². The monoisotopic (exact) mass is 341 g/mol. The predicted molar refractivity (Wildman–Crippen MR) is 89.0 cm³/mol. The Morgan fingerprint density at radius 1 is 1.50 bits per heavy atom. The lowest BCUT2D eigenvalue weighted by Crippen LogP contribution is -2.45. The number of thiazole rings is 1. The van der Waals surface area contributed by atoms with Crippen molar-refractivity contribution in [3.8, 4) is 5.75 Å². The Balaban J connectivity index is 1.74. The molecule has 0 spiro atoms. The first kappa shape index (κ1) is 15.5. The molecule has 0 radical (unpaired) electrons. The molecule has 1 aromatic carbocycles. The van der Waals surface area contributed by atoms with Crippen molar-refractivity contribution >= 4 is 36.7 Å². The third-order valence-corrected chi connectivity index (χ3v) is 6.64. The molecule has 8 heteroatoms. The fourth-order valence-corrected chi connectivity index (χ4v) is 4.80. The molecule has 22 heavy (non-hydrogen) atoms. The smallest absolute Gasteiger partial charge is 0.213 e. The van der Waals surface area contributed by atoms with Crippen LogP contribution in [0, 0.1) is 0 Å². The second kappa shape index (κ2) is 6.02. The number of nitrogens with one attached hydrogen (secondary N) is 1. The van der Waals surface area contributed by atoms with Crippen LogP contribution in [0.2, 0.25) is 0 Å². The Labute approximate surface area is 133 Å². The van der Waals surface area contributed by atoms with E-state index < -0.39 is 10.0 Å². The molecule has 1 aliphatic rings. The molecule has 0 saturated carbocycles. The van der Waals surface area contributed by atoms with Crippen molar-refractivity contribution in [3.63, 3.8) is 0 Å². The zero-order chi connectivity index (χ0) is 15.7. The Bertz CT molecular complexity index is 773. The van der Waals surface area contributed by atoms with Gasteiger partial charge in [0.25, 0.3) is 0 Å². The van der Waals surface area contributed by atoms with E-state index in [1.165, 1.54) is 11.3 Å². The van der Waals surface area contributed by atoms with Gasteiger partial charge in [0.2, 0.25) is 10.0 Å². The van der Waals surface area contributed by atoms with Crippen LogP contribution in [0.1, 0.15) is 19.8 Å². The maximum atomic E-state index is 12.0. The zero-order valence-electron chi connectivity index (χ0n) is 12.3. The van der Waals surface area contributed by atoms with E-state index >= 15 is 0 Å². The van der Waals surface area contributed by atoms with Gasteiger partial charge in [-0.2, -0.15) is 4.31 Å². The molecule has 1 aliphatic heterocycles. The van der Waals surface area contributed by atoms with Crippen LogP contribution in [0.5, 0.6) is 5.75 Å². The number of sulfonamides is 1. The number of rotatable bonds is 4. The number of hydrogen-bond acceptors (Lipinski definition) is 6. The van der Waals surface area contributed by atoms with Crippen LogP contribution in [0.3, 0.4) is 0 Å². The summed E-state index contributed by atoms with van der Waals surface area (Å²) in [4.78, 5) is 4.48. The average Bonchev–Trinajstić information content (AvgIpc) is 2.88. The number of fused-ring (bicyclic) bond motifs is 1. The van der Waals surface area contributed by atoms with Gasteiger partial charge in [0.15, 0.2) is 5.13 Å². The van der Waals surface area contributed by atoms with Gasteiger partial charge >= 0.3 is 0 Å². The summed E-state index contributed by atoms with van der Waals surface area (Å²) in [6, 6.07) is 5.15. The third-order valence-electron chi connectivity index (χ3n) is 3.84. The highest BCUT2D eigenvalue weighted by Gasteiger charge is 2.28. The van der Waals surface area contributed by atoms with Gasteiger partial charge in [-0.15, -0.1) is 0 Å². The molecular formula is C14H19N3O3S2. The highest BCUT2D eigenvalue weighted by Crippen LogP contribution is 2.30. The number of aromatic nitrogens is 1. The van der Waals surface area contributed by atoms with Crippen molar-refractivity contribution < 1.29 is 13.5 Å². The molecule has 0 bridgehead atoms. The van der Waals surface area contributed by atoms with E-state index in [-0.39, 0.29) is 17.5 Å². The average molecular weight is 341 g/mol. The summed E-state index contributed by atoms with van der Waals surface area (Å²) in [5, 5.41) is 13.6. The van der Waals surface area contributed by atoms with Gasteiger partial charge in [0, 0.05) is 19.1 Å². The van der Waals surface area contributed by atoms with E-state index in [1.807, 2.05) is 0 Å². The van der Waals surface area contributed by atoms with Crippen LogP contribution in [0.25, 0.3) is 10.2 Å². The van der Waals surface area contributed by atoms with Crippen LogP contribution in [0.4, 0.5) is 5.13 Å². The number of benzene rings is 1. The van der Waals surface area contributed by atoms with Gasteiger partial charge in [0.05, 0.1) is 16.0 Å². The first-order chi connectivity index (χ1) is 10.5. The van der Waals surface area contributed by atoms with Crippen LogP contribution >= 0.6 is 11.3 Å². The quantitative estimate of drug-likeness (QED) is 0.891. The summed E-state index contributed by atoms with van der Waals surface area (Å²) in [6.07, 6.45) is 1.78. The lowest BCUT2D eigenvalue weighted by Gasteiger charge is -2.31.